The van der Waals surface area contributed by atoms with Crippen LogP contribution in [0.5, 0.6) is 5.75 Å². The van der Waals surface area contributed by atoms with E-state index in [1.165, 1.54) is 18.4 Å². The number of furan rings is 1. The molecule has 2 aromatic heterocycles. The summed E-state index contributed by atoms with van der Waals surface area (Å²) < 4.78 is 31.1. The zero-order valence-electron chi connectivity index (χ0n) is 15.0. The number of benzene rings is 2. The van der Waals surface area contributed by atoms with Gasteiger partial charge in [0, 0.05) is 5.56 Å². The highest BCUT2D eigenvalue weighted by Crippen LogP contribution is 2.32. The van der Waals surface area contributed by atoms with Crippen molar-refractivity contribution in [3.63, 3.8) is 0 Å². The third-order valence-electron chi connectivity index (χ3n) is 4.49. The quantitative estimate of drug-likeness (QED) is 0.414. The van der Waals surface area contributed by atoms with E-state index in [2.05, 4.69) is 0 Å². The molecule has 0 atom stereocenters. The van der Waals surface area contributed by atoms with Crippen LogP contribution in [0.2, 0.25) is 5.02 Å². The van der Waals surface area contributed by atoms with E-state index >= 15 is 0 Å². The Morgan fingerprint density at radius 3 is 2.71 bits per heavy atom. The number of fused-ring (bicyclic) bond motifs is 1. The summed E-state index contributed by atoms with van der Waals surface area (Å²) in [6.45, 7) is 1.78. The predicted octanol–water partition coefficient (Wildman–Crippen LogP) is 5.99. The van der Waals surface area contributed by atoms with Crippen molar-refractivity contribution in [2.24, 2.45) is 0 Å². The maximum absolute atomic E-state index is 14.1. The van der Waals surface area contributed by atoms with Crippen LogP contribution in [-0.2, 0) is 13.0 Å². The lowest BCUT2D eigenvalue weighted by atomic mass is 10.1. The van der Waals surface area contributed by atoms with Gasteiger partial charge in [0.1, 0.15) is 18.0 Å². The molecule has 2 aromatic carbocycles. The molecule has 0 saturated heterocycles. The number of hydrogen-bond donors (Lipinski definition) is 0. The number of aryl methyl sites for hydroxylation is 1. The Balaban J connectivity index is 1.86. The molecule has 0 N–H and O–H groups in total. The Kier molecular flexibility index (Phi) is 4.92. The summed E-state index contributed by atoms with van der Waals surface area (Å²) in [6, 6.07) is 13.1. The first kappa shape index (κ1) is 18.3. The predicted molar refractivity (Wildman–Crippen MR) is 105 cm³/mol. The van der Waals surface area contributed by atoms with Crippen LogP contribution in [0.3, 0.4) is 0 Å². The highest BCUT2D eigenvalue weighted by Gasteiger charge is 2.21. The molecule has 142 valence electrons. The molecule has 0 spiro atoms. The second-order valence-corrected chi connectivity index (χ2v) is 6.65. The zero-order chi connectivity index (χ0) is 19.7. The molecular formula is C22H16ClFO4. The third kappa shape index (κ3) is 3.29. The van der Waals surface area contributed by atoms with Gasteiger partial charge in [-0.05, 0) is 48.4 Å². The van der Waals surface area contributed by atoms with Gasteiger partial charge < -0.3 is 13.6 Å². The van der Waals surface area contributed by atoms with Gasteiger partial charge in [0.25, 0.3) is 0 Å². The van der Waals surface area contributed by atoms with Crippen molar-refractivity contribution in [1.29, 1.82) is 0 Å². The Hall–Kier alpha value is -3.05. The lowest BCUT2D eigenvalue weighted by Gasteiger charge is -2.12. The maximum atomic E-state index is 14.1. The molecule has 4 aromatic rings. The van der Waals surface area contributed by atoms with Gasteiger partial charge in [-0.15, -0.1) is 0 Å². The fraction of sp³-hybridized carbons (Fsp3) is 0.136. The molecule has 0 amide bonds. The Morgan fingerprint density at radius 1 is 1.14 bits per heavy atom. The van der Waals surface area contributed by atoms with Crippen LogP contribution in [0.15, 0.2) is 68.4 Å². The number of hydrogen-bond acceptors (Lipinski definition) is 4. The van der Waals surface area contributed by atoms with Crippen LogP contribution in [0, 0.1) is 5.82 Å². The number of ether oxygens (including phenoxy) is 1. The van der Waals surface area contributed by atoms with Gasteiger partial charge in [-0.1, -0.05) is 30.7 Å². The average molecular weight is 399 g/mol. The van der Waals surface area contributed by atoms with Gasteiger partial charge >= 0.3 is 0 Å². The monoisotopic (exact) mass is 398 g/mol. The molecule has 2 heterocycles. The van der Waals surface area contributed by atoms with Gasteiger partial charge in [0.15, 0.2) is 5.76 Å². The van der Waals surface area contributed by atoms with Crippen LogP contribution in [0.4, 0.5) is 4.39 Å². The smallest absolute Gasteiger partial charge is 0.235 e. The first-order valence-electron chi connectivity index (χ1n) is 8.77. The van der Waals surface area contributed by atoms with E-state index in [1.54, 1.807) is 30.3 Å². The first-order valence-corrected chi connectivity index (χ1v) is 9.15. The Labute approximate surface area is 165 Å². The van der Waals surface area contributed by atoms with Crippen LogP contribution >= 0.6 is 11.6 Å². The highest BCUT2D eigenvalue weighted by atomic mass is 35.5. The second-order valence-electron chi connectivity index (χ2n) is 6.24. The minimum Gasteiger partial charge on any atom is -0.481 e. The molecule has 4 rings (SSSR count). The van der Waals surface area contributed by atoms with Crippen molar-refractivity contribution >= 4 is 22.6 Å². The maximum Gasteiger partial charge on any atom is 0.235 e. The van der Waals surface area contributed by atoms with Gasteiger partial charge in [0.2, 0.25) is 16.9 Å². The van der Waals surface area contributed by atoms with Crippen LogP contribution in [-0.4, -0.2) is 0 Å². The minimum atomic E-state index is -0.509. The van der Waals surface area contributed by atoms with Gasteiger partial charge in [0.05, 0.1) is 16.7 Å². The summed E-state index contributed by atoms with van der Waals surface area (Å²) >= 11 is 6.07. The van der Waals surface area contributed by atoms with Crippen LogP contribution in [0.1, 0.15) is 18.1 Å². The summed E-state index contributed by atoms with van der Waals surface area (Å²) in [7, 11) is 0. The van der Waals surface area contributed by atoms with Crippen LogP contribution < -0.4 is 10.2 Å². The minimum absolute atomic E-state index is 0.0463. The van der Waals surface area contributed by atoms with E-state index in [1.807, 2.05) is 13.0 Å². The topological polar surface area (TPSA) is 52.6 Å². The molecule has 0 radical (unpaired) electrons. The Morgan fingerprint density at radius 2 is 2.00 bits per heavy atom. The Bertz CT molecular complexity index is 1180. The molecule has 0 fully saturated rings. The van der Waals surface area contributed by atoms with Crippen LogP contribution in [0.25, 0.3) is 22.5 Å². The lowest BCUT2D eigenvalue weighted by molar-refractivity contribution is 0.290. The lowest BCUT2D eigenvalue weighted by Crippen LogP contribution is -2.11. The van der Waals surface area contributed by atoms with Crippen molar-refractivity contribution in [2.75, 3.05) is 0 Å². The number of rotatable bonds is 5. The molecular weight excluding hydrogens is 383 g/mol. The van der Waals surface area contributed by atoms with E-state index in [4.69, 9.17) is 25.2 Å². The zero-order valence-corrected chi connectivity index (χ0v) is 15.8. The van der Waals surface area contributed by atoms with Gasteiger partial charge in [-0.3, -0.25) is 4.79 Å². The molecule has 0 aliphatic rings. The normalized spacial score (nSPS) is 11.1. The first-order chi connectivity index (χ1) is 13.6. The summed E-state index contributed by atoms with van der Waals surface area (Å²) in [5, 5.41) is 0.613. The summed E-state index contributed by atoms with van der Waals surface area (Å²) in [6.07, 6.45) is 2.24. The van der Waals surface area contributed by atoms with Crippen molar-refractivity contribution in [3.05, 3.63) is 87.0 Å². The molecule has 0 unspecified atom stereocenters. The fourth-order valence-electron chi connectivity index (χ4n) is 2.96. The van der Waals surface area contributed by atoms with Crippen molar-refractivity contribution in [2.45, 2.75) is 20.0 Å². The highest BCUT2D eigenvalue weighted by molar-refractivity contribution is 6.31. The van der Waals surface area contributed by atoms with Crippen molar-refractivity contribution in [1.82, 2.24) is 0 Å². The summed E-state index contributed by atoms with van der Waals surface area (Å²) in [4.78, 5) is 13.2. The van der Waals surface area contributed by atoms with E-state index < -0.39 is 5.82 Å². The van der Waals surface area contributed by atoms with Crippen molar-refractivity contribution in [3.8, 4) is 17.3 Å². The van der Waals surface area contributed by atoms with E-state index in [-0.39, 0.29) is 34.1 Å². The molecule has 28 heavy (non-hydrogen) atoms. The standard InChI is InChI=1S/C22H16ClFO4/c1-2-13-8-9-18-14(11-13)20(25)22(21(28-18)19-7-4-10-26-19)27-12-15-16(23)5-3-6-17(15)24/h3-11H,2,12H2,1H3. The van der Waals surface area contributed by atoms with E-state index in [0.717, 1.165) is 12.0 Å². The van der Waals surface area contributed by atoms with E-state index in [0.29, 0.717) is 16.7 Å². The fourth-order valence-corrected chi connectivity index (χ4v) is 3.18. The van der Waals surface area contributed by atoms with Crippen molar-refractivity contribution < 1.29 is 18.0 Å². The SMILES string of the molecule is CCc1ccc2oc(-c3ccco3)c(OCc3c(F)cccc3Cl)c(=O)c2c1. The van der Waals surface area contributed by atoms with Gasteiger partial charge in [-0.25, -0.2) is 4.39 Å². The molecule has 4 nitrogen and oxygen atoms in total. The molecule has 0 saturated carbocycles. The van der Waals surface area contributed by atoms with E-state index in [9.17, 15) is 9.18 Å². The third-order valence-corrected chi connectivity index (χ3v) is 4.84. The molecule has 0 bridgehead atoms. The summed E-state index contributed by atoms with van der Waals surface area (Å²) in [5.41, 5.74) is 1.23. The summed E-state index contributed by atoms with van der Waals surface area (Å²) in [5.74, 6) is -0.0621. The molecule has 0 aliphatic carbocycles. The molecule has 6 heteroatoms. The number of halogens is 2. The second kappa shape index (κ2) is 7.52. The van der Waals surface area contributed by atoms with Gasteiger partial charge in [-0.2, -0.15) is 0 Å². The largest absolute Gasteiger partial charge is 0.481 e. The molecule has 0 aliphatic heterocycles. The average Bonchev–Trinajstić information content (AvgIpc) is 3.23.